The van der Waals surface area contributed by atoms with Gasteiger partial charge in [0.25, 0.3) is 17.5 Å². The number of para-hydroxylation sites is 1. The molecule has 0 radical (unpaired) electrons. The highest BCUT2D eigenvalue weighted by molar-refractivity contribution is 6.30. The maximum atomic E-state index is 13.4. The van der Waals surface area contributed by atoms with Crippen LogP contribution < -0.4 is 4.74 Å². The van der Waals surface area contributed by atoms with Gasteiger partial charge in [-0.15, -0.1) is 0 Å². The number of nitrogens with zero attached hydrogens (tertiary/aromatic N) is 4. The zero-order valence-electron chi connectivity index (χ0n) is 23.2. The normalized spacial score (nSPS) is 13.8. The molecule has 4 rings (SSSR count). The summed E-state index contributed by atoms with van der Waals surface area (Å²) in [5.74, 6) is 0.420. The van der Waals surface area contributed by atoms with E-state index in [9.17, 15) is 19.7 Å². The molecule has 1 heterocycles. The highest BCUT2D eigenvalue weighted by atomic mass is 35.5. The number of hydrogen-bond donors (Lipinski definition) is 0. The standard InChI is InChI=1S/C31H33ClN4O5/c1-23-12-13-26(22-28(23)36(39)40)31(38)35-19-16-33(17-20-35)15-18-34(30(37)25-8-5-10-27(32)21-25)14-6-9-24-7-3-4-11-29(24)41-2/h3-13,21-22H,14-20H2,1-2H3/b9-6+. The van der Waals surface area contributed by atoms with Crippen molar-refractivity contribution in [2.24, 2.45) is 0 Å². The molecular formula is C31H33ClN4O5. The highest BCUT2D eigenvalue weighted by Crippen LogP contribution is 2.21. The van der Waals surface area contributed by atoms with Crippen LogP contribution in [0.1, 0.15) is 31.8 Å². The summed E-state index contributed by atoms with van der Waals surface area (Å²) in [5, 5.41) is 11.8. The monoisotopic (exact) mass is 576 g/mol. The SMILES string of the molecule is COc1ccccc1/C=C/CN(CCN1CCN(C(=O)c2ccc(C)c([N+](=O)[O-])c2)CC1)C(=O)c1cccc(Cl)c1. The number of piperazine rings is 1. The molecule has 1 aliphatic rings. The Morgan fingerprint density at radius 2 is 1.78 bits per heavy atom. The van der Waals surface area contributed by atoms with E-state index in [1.807, 2.05) is 36.4 Å². The highest BCUT2D eigenvalue weighted by Gasteiger charge is 2.25. The molecule has 0 bridgehead atoms. The summed E-state index contributed by atoms with van der Waals surface area (Å²) in [5.41, 5.74) is 2.22. The maximum absolute atomic E-state index is 13.4. The summed E-state index contributed by atoms with van der Waals surface area (Å²) in [7, 11) is 1.62. The van der Waals surface area contributed by atoms with E-state index in [2.05, 4.69) is 4.90 Å². The third-order valence-corrected chi connectivity index (χ3v) is 7.35. The van der Waals surface area contributed by atoms with E-state index in [0.717, 1.165) is 11.3 Å². The molecule has 3 aromatic carbocycles. The summed E-state index contributed by atoms with van der Waals surface area (Å²) < 4.78 is 5.42. The number of amides is 2. The van der Waals surface area contributed by atoms with Gasteiger partial charge in [0.1, 0.15) is 5.75 Å². The first kappa shape index (κ1) is 29.8. The average Bonchev–Trinajstić information content (AvgIpc) is 2.98. The molecule has 1 fully saturated rings. The number of carbonyl (C=O) groups excluding carboxylic acids is 2. The van der Waals surface area contributed by atoms with Crippen molar-refractivity contribution >= 4 is 35.2 Å². The van der Waals surface area contributed by atoms with Crippen LogP contribution >= 0.6 is 11.6 Å². The van der Waals surface area contributed by atoms with Gasteiger partial charge in [-0.2, -0.15) is 0 Å². The van der Waals surface area contributed by atoms with Crippen LogP contribution in [0.5, 0.6) is 5.75 Å². The van der Waals surface area contributed by atoms with Crippen molar-refractivity contribution in [2.45, 2.75) is 6.92 Å². The van der Waals surface area contributed by atoms with Gasteiger partial charge in [0.2, 0.25) is 0 Å². The fourth-order valence-electron chi connectivity index (χ4n) is 4.75. The first-order valence-corrected chi connectivity index (χ1v) is 13.8. The minimum Gasteiger partial charge on any atom is -0.496 e. The second-order valence-electron chi connectivity index (χ2n) is 9.80. The zero-order valence-corrected chi connectivity index (χ0v) is 23.9. The molecule has 0 unspecified atom stereocenters. The van der Waals surface area contributed by atoms with Crippen LogP contribution in [-0.4, -0.2) is 84.4 Å². The van der Waals surface area contributed by atoms with Gasteiger partial charge in [-0.05, 0) is 37.3 Å². The summed E-state index contributed by atoms with van der Waals surface area (Å²) in [4.78, 5) is 43.0. The van der Waals surface area contributed by atoms with Crippen LogP contribution in [-0.2, 0) is 0 Å². The number of aryl methyl sites for hydroxylation is 1. The second-order valence-corrected chi connectivity index (χ2v) is 10.2. The van der Waals surface area contributed by atoms with E-state index in [4.69, 9.17) is 16.3 Å². The first-order chi connectivity index (χ1) is 19.8. The smallest absolute Gasteiger partial charge is 0.273 e. The lowest BCUT2D eigenvalue weighted by Gasteiger charge is -2.35. The predicted molar refractivity (Wildman–Crippen MR) is 160 cm³/mol. The van der Waals surface area contributed by atoms with Crippen LogP contribution in [0.4, 0.5) is 5.69 Å². The van der Waals surface area contributed by atoms with E-state index in [-0.39, 0.29) is 17.5 Å². The minimum absolute atomic E-state index is 0.0568. The average molecular weight is 577 g/mol. The molecule has 0 atom stereocenters. The second kappa shape index (κ2) is 13.9. The fourth-order valence-corrected chi connectivity index (χ4v) is 4.94. The molecule has 214 valence electrons. The van der Waals surface area contributed by atoms with Crippen molar-refractivity contribution in [3.8, 4) is 5.75 Å². The Balaban J connectivity index is 1.38. The fraction of sp³-hybridized carbons (Fsp3) is 0.290. The molecule has 1 saturated heterocycles. The number of methoxy groups -OCH3 is 1. The van der Waals surface area contributed by atoms with E-state index in [1.54, 1.807) is 60.2 Å². The molecule has 0 aromatic heterocycles. The first-order valence-electron chi connectivity index (χ1n) is 13.4. The summed E-state index contributed by atoms with van der Waals surface area (Å²) >= 11 is 6.15. The lowest BCUT2D eigenvalue weighted by Crippen LogP contribution is -2.50. The van der Waals surface area contributed by atoms with Crippen molar-refractivity contribution in [1.29, 1.82) is 0 Å². The molecule has 0 N–H and O–H groups in total. The number of carbonyl (C=O) groups is 2. The molecule has 41 heavy (non-hydrogen) atoms. The Labute approximate surface area is 244 Å². The Morgan fingerprint density at radius 3 is 2.49 bits per heavy atom. The lowest BCUT2D eigenvalue weighted by atomic mass is 10.1. The number of halogens is 1. The predicted octanol–water partition coefficient (Wildman–Crippen LogP) is 5.18. The maximum Gasteiger partial charge on any atom is 0.273 e. The van der Waals surface area contributed by atoms with Gasteiger partial charge in [0.15, 0.2) is 0 Å². The molecule has 10 heteroatoms. The van der Waals surface area contributed by atoms with Gasteiger partial charge in [0, 0.05) is 79.2 Å². The van der Waals surface area contributed by atoms with Crippen molar-refractivity contribution in [3.05, 3.63) is 110 Å². The van der Waals surface area contributed by atoms with Gasteiger partial charge in [-0.25, -0.2) is 0 Å². The van der Waals surface area contributed by atoms with E-state index in [1.165, 1.54) is 6.07 Å². The number of rotatable bonds is 10. The lowest BCUT2D eigenvalue weighted by molar-refractivity contribution is -0.385. The number of hydrogen-bond acceptors (Lipinski definition) is 6. The Hall–Kier alpha value is -4.21. The topological polar surface area (TPSA) is 96.2 Å². The summed E-state index contributed by atoms with van der Waals surface area (Å²) in [6.45, 7) is 5.43. The Kier molecular flexibility index (Phi) is 10.1. The summed E-state index contributed by atoms with van der Waals surface area (Å²) in [6, 6.07) is 19.2. The van der Waals surface area contributed by atoms with Gasteiger partial charge in [-0.1, -0.05) is 54.1 Å². The third-order valence-electron chi connectivity index (χ3n) is 7.12. The molecular weight excluding hydrogens is 544 g/mol. The zero-order chi connectivity index (χ0) is 29.4. The number of benzene rings is 3. The van der Waals surface area contributed by atoms with Gasteiger partial charge in [0.05, 0.1) is 12.0 Å². The van der Waals surface area contributed by atoms with E-state index >= 15 is 0 Å². The van der Waals surface area contributed by atoms with E-state index in [0.29, 0.717) is 67.5 Å². The van der Waals surface area contributed by atoms with Crippen molar-refractivity contribution in [1.82, 2.24) is 14.7 Å². The van der Waals surface area contributed by atoms with Crippen LogP contribution in [0, 0.1) is 17.0 Å². The molecule has 0 spiro atoms. The quantitative estimate of drug-likeness (QED) is 0.244. The number of nitro benzene ring substituents is 1. The molecule has 3 aromatic rings. The van der Waals surface area contributed by atoms with Gasteiger partial charge >= 0.3 is 0 Å². The Bertz CT molecular complexity index is 1440. The largest absolute Gasteiger partial charge is 0.496 e. The molecule has 1 aliphatic heterocycles. The van der Waals surface area contributed by atoms with Crippen molar-refractivity contribution in [2.75, 3.05) is 52.9 Å². The van der Waals surface area contributed by atoms with Crippen LogP contribution in [0.3, 0.4) is 0 Å². The summed E-state index contributed by atoms with van der Waals surface area (Å²) in [6.07, 6.45) is 3.88. The van der Waals surface area contributed by atoms with E-state index < -0.39 is 4.92 Å². The van der Waals surface area contributed by atoms with Crippen molar-refractivity contribution in [3.63, 3.8) is 0 Å². The minimum atomic E-state index is -0.466. The molecule has 2 amide bonds. The molecule has 0 aliphatic carbocycles. The molecule has 0 saturated carbocycles. The third kappa shape index (κ3) is 7.71. The Morgan fingerprint density at radius 1 is 1.02 bits per heavy atom. The molecule has 9 nitrogen and oxygen atoms in total. The van der Waals surface area contributed by atoms with Gasteiger partial charge in [-0.3, -0.25) is 24.6 Å². The number of nitro groups is 1. The van der Waals surface area contributed by atoms with Gasteiger partial charge < -0.3 is 14.5 Å². The van der Waals surface area contributed by atoms with Crippen molar-refractivity contribution < 1.29 is 19.2 Å². The number of ether oxygens (including phenoxy) is 1. The van der Waals surface area contributed by atoms with Crippen LogP contribution in [0.2, 0.25) is 5.02 Å². The van der Waals surface area contributed by atoms with Crippen LogP contribution in [0.25, 0.3) is 6.08 Å². The van der Waals surface area contributed by atoms with Crippen LogP contribution in [0.15, 0.2) is 72.8 Å².